The Morgan fingerprint density at radius 2 is 1.78 bits per heavy atom. The topological polar surface area (TPSA) is 88.5 Å². The number of nitrogens with zero attached hydrogens (tertiary/aromatic N) is 3. The Balaban J connectivity index is 1.62. The van der Waals surface area contributed by atoms with Crippen molar-refractivity contribution in [3.8, 4) is 17.2 Å². The number of benzene rings is 2. The van der Waals surface area contributed by atoms with E-state index in [4.69, 9.17) is 0 Å². The van der Waals surface area contributed by atoms with Gasteiger partial charge in [-0.3, -0.25) is 14.7 Å². The molecule has 0 aliphatic carbocycles. The molecule has 0 atom stereocenters. The average Bonchev–Trinajstić information content (AvgIpc) is 3.36. The lowest BCUT2D eigenvalue weighted by atomic mass is 10.0. The van der Waals surface area contributed by atoms with E-state index in [2.05, 4.69) is 15.1 Å². The van der Waals surface area contributed by atoms with Gasteiger partial charge in [0, 0.05) is 30.4 Å². The number of aryl methyl sites for hydroxylation is 2. The fraction of sp³-hybridized carbons (Fsp3) is 0.125. The van der Waals surface area contributed by atoms with Crippen molar-refractivity contribution in [2.45, 2.75) is 12.8 Å². The maximum absolute atomic E-state index is 13.4. The minimum absolute atomic E-state index is 0.177. The van der Waals surface area contributed by atoms with E-state index in [1.165, 1.54) is 27.4 Å². The summed E-state index contributed by atoms with van der Waals surface area (Å²) in [5.74, 6) is 0.0674. The molecule has 160 valence electrons. The first-order valence-electron chi connectivity index (χ1n) is 10.2. The van der Waals surface area contributed by atoms with Crippen LogP contribution in [0.2, 0.25) is 0 Å². The molecular weight excluding hydrogens is 409 g/mol. The Bertz CT molecular complexity index is 1510. The maximum atomic E-state index is 13.4. The van der Waals surface area contributed by atoms with Gasteiger partial charge in [0.1, 0.15) is 5.82 Å². The van der Waals surface area contributed by atoms with Gasteiger partial charge in [0.2, 0.25) is 5.95 Å². The Morgan fingerprint density at radius 1 is 1.00 bits per heavy atom. The number of pyridine rings is 1. The van der Waals surface area contributed by atoms with Crippen molar-refractivity contribution < 1.29 is 4.39 Å². The van der Waals surface area contributed by atoms with Crippen LogP contribution in [0.15, 0.2) is 76.4 Å². The zero-order valence-corrected chi connectivity index (χ0v) is 17.3. The summed E-state index contributed by atoms with van der Waals surface area (Å²) < 4.78 is 16.1. The van der Waals surface area contributed by atoms with Crippen molar-refractivity contribution in [2.75, 3.05) is 0 Å². The van der Waals surface area contributed by atoms with Gasteiger partial charge in [0.25, 0.3) is 11.1 Å². The van der Waals surface area contributed by atoms with E-state index in [9.17, 15) is 14.0 Å². The molecule has 0 spiro atoms. The standard InChI is InChI=1S/C24H20FN5O2/c1-29-13-12-16(14-21(29)31)22-18(11-8-15-6-9-17(25)10-7-15)23(32)30(28-22)24-26-19-4-2-3-5-20(19)27-24/h2-7,9-10,12-14,28H,8,11H2,1H3,(H,26,27). The van der Waals surface area contributed by atoms with Gasteiger partial charge >= 0.3 is 0 Å². The van der Waals surface area contributed by atoms with Crippen LogP contribution in [0.25, 0.3) is 28.2 Å². The van der Waals surface area contributed by atoms with Gasteiger partial charge in [0.05, 0.1) is 16.7 Å². The Morgan fingerprint density at radius 3 is 2.53 bits per heavy atom. The Hall–Kier alpha value is -4.20. The molecule has 2 aromatic carbocycles. The highest BCUT2D eigenvalue weighted by Gasteiger charge is 2.19. The molecule has 0 radical (unpaired) electrons. The van der Waals surface area contributed by atoms with Crippen molar-refractivity contribution in [2.24, 2.45) is 7.05 Å². The second-order valence-corrected chi connectivity index (χ2v) is 7.67. The summed E-state index contributed by atoms with van der Waals surface area (Å²) in [6.45, 7) is 0. The molecule has 2 N–H and O–H groups in total. The van der Waals surface area contributed by atoms with Crippen LogP contribution in [0, 0.1) is 5.82 Å². The third-order valence-corrected chi connectivity index (χ3v) is 5.55. The highest BCUT2D eigenvalue weighted by Crippen LogP contribution is 2.21. The van der Waals surface area contributed by atoms with Crippen LogP contribution in [-0.4, -0.2) is 24.3 Å². The molecule has 3 heterocycles. The highest BCUT2D eigenvalue weighted by molar-refractivity contribution is 5.76. The van der Waals surface area contributed by atoms with Crippen LogP contribution >= 0.6 is 0 Å². The number of halogens is 1. The van der Waals surface area contributed by atoms with E-state index >= 15 is 0 Å². The Labute approximate surface area is 181 Å². The molecule has 0 bridgehead atoms. The van der Waals surface area contributed by atoms with Gasteiger partial charge in [-0.2, -0.15) is 4.68 Å². The van der Waals surface area contributed by atoms with Crippen LogP contribution in [0.4, 0.5) is 4.39 Å². The maximum Gasteiger partial charge on any atom is 0.277 e. The SMILES string of the molecule is Cn1ccc(-c2[nH]n(-c3nc4ccccc4[nH]3)c(=O)c2CCc2ccc(F)cc2)cc1=O. The van der Waals surface area contributed by atoms with Gasteiger partial charge in [-0.05, 0) is 48.7 Å². The van der Waals surface area contributed by atoms with E-state index in [0.29, 0.717) is 35.6 Å². The summed E-state index contributed by atoms with van der Waals surface area (Å²) in [6.07, 6.45) is 2.63. The van der Waals surface area contributed by atoms with Crippen molar-refractivity contribution in [1.82, 2.24) is 24.3 Å². The molecule has 0 saturated carbocycles. The molecule has 0 amide bonds. The molecule has 3 aromatic heterocycles. The van der Waals surface area contributed by atoms with Crippen LogP contribution in [-0.2, 0) is 19.9 Å². The summed E-state index contributed by atoms with van der Waals surface area (Å²) in [4.78, 5) is 33.3. The predicted octanol–water partition coefficient (Wildman–Crippen LogP) is 3.33. The summed E-state index contributed by atoms with van der Waals surface area (Å²) in [7, 11) is 1.67. The smallest absolute Gasteiger partial charge is 0.277 e. The number of hydrogen-bond acceptors (Lipinski definition) is 3. The van der Waals surface area contributed by atoms with Crippen LogP contribution < -0.4 is 11.1 Å². The normalized spacial score (nSPS) is 11.3. The summed E-state index contributed by atoms with van der Waals surface area (Å²) in [5.41, 5.74) is 3.76. The van der Waals surface area contributed by atoms with E-state index in [1.807, 2.05) is 24.3 Å². The zero-order chi connectivity index (χ0) is 22.2. The monoisotopic (exact) mass is 429 g/mol. The number of fused-ring (bicyclic) bond motifs is 1. The minimum Gasteiger partial charge on any atom is -0.322 e. The quantitative estimate of drug-likeness (QED) is 0.449. The minimum atomic E-state index is -0.302. The number of hydrogen-bond donors (Lipinski definition) is 2. The lowest BCUT2D eigenvalue weighted by Crippen LogP contribution is -2.19. The van der Waals surface area contributed by atoms with Crippen LogP contribution in [0.1, 0.15) is 11.1 Å². The first-order valence-corrected chi connectivity index (χ1v) is 10.2. The summed E-state index contributed by atoms with van der Waals surface area (Å²) in [5, 5.41) is 3.14. The van der Waals surface area contributed by atoms with Gasteiger partial charge in [-0.25, -0.2) is 9.37 Å². The number of H-pyrrole nitrogens is 2. The molecule has 7 nitrogen and oxygen atoms in total. The molecule has 5 rings (SSSR count). The van der Waals surface area contributed by atoms with E-state index in [1.54, 1.807) is 31.4 Å². The number of imidazole rings is 1. The van der Waals surface area contributed by atoms with Gasteiger partial charge < -0.3 is 9.55 Å². The molecule has 0 aliphatic heterocycles. The molecule has 5 aromatic rings. The van der Waals surface area contributed by atoms with Crippen molar-refractivity contribution in [3.05, 3.63) is 105 Å². The molecular formula is C24H20FN5O2. The van der Waals surface area contributed by atoms with Crippen LogP contribution in [0.3, 0.4) is 0 Å². The number of nitrogens with one attached hydrogen (secondary N) is 2. The largest absolute Gasteiger partial charge is 0.322 e. The molecule has 0 saturated heterocycles. The number of aromatic amines is 2. The van der Waals surface area contributed by atoms with Crippen molar-refractivity contribution in [3.63, 3.8) is 0 Å². The molecule has 0 aliphatic rings. The van der Waals surface area contributed by atoms with E-state index in [-0.39, 0.29) is 16.9 Å². The van der Waals surface area contributed by atoms with E-state index in [0.717, 1.165) is 16.6 Å². The molecule has 32 heavy (non-hydrogen) atoms. The third-order valence-electron chi connectivity index (χ3n) is 5.55. The molecule has 0 fully saturated rings. The first kappa shape index (κ1) is 19.7. The lowest BCUT2D eigenvalue weighted by Gasteiger charge is -2.04. The third kappa shape index (κ3) is 3.56. The summed E-state index contributed by atoms with van der Waals surface area (Å²) >= 11 is 0. The zero-order valence-electron chi connectivity index (χ0n) is 17.3. The number of rotatable bonds is 5. The van der Waals surface area contributed by atoms with Crippen molar-refractivity contribution in [1.29, 1.82) is 0 Å². The van der Waals surface area contributed by atoms with Crippen molar-refractivity contribution >= 4 is 11.0 Å². The summed E-state index contributed by atoms with van der Waals surface area (Å²) in [6, 6.07) is 17.0. The lowest BCUT2D eigenvalue weighted by molar-refractivity contribution is 0.627. The Kier molecular flexibility index (Phi) is 4.82. The van der Waals surface area contributed by atoms with Gasteiger partial charge in [-0.1, -0.05) is 24.3 Å². The first-order chi connectivity index (χ1) is 15.5. The fourth-order valence-corrected chi connectivity index (χ4v) is 3.76. The molecule has 8 heteroatoms. The molecule has 0 unspecified atom stereocenters. The number of aromatic nitrogens is 5. The predicted molar refractivity (Wildman–Crippen MR) is 121 cm³/mol. The number of para-hydroxylation sites is 2. The fourth-order valence-electron chi connectivity index (χ4n) is 3.76. The van der Waals surface area contributed by atoms with E-state index < -0.39 is 0 Å². The van der Waals surface area contributed by atoms with Gasteiger partial charge in [0.15, 0.2) is 0 Å². The van der Waals surface area contributed by atoms with Crippen LogP contribution in [0.5, 0.6) is 0 Å². The second-order valence-electron chi connectivity index (χ2n) is 7.67. The second kappa shape index (κ2) is 7.81. The van der Waals surface area contributed by atoms with Gasteiger partial charge in [-0.15, -0.1) is 0 Å². The highest BCUT2D eigenvalue weighted by atomic mass is 19.1. The average molecular weight is 429 g/mol.